The summed E-state index contributed by atoms with van der Waals surface area (Å²) in [7, 11) is 0. The molecule has 0 atom stereocenters. The van der Waals surface area contributed by atoms with E-state index in [9.17, 15) is 9.59 Å². The first-order valence-corrected chi connectivity index (χ1v) is 3.38. The van der Waals surface area contributed by atoms with Gasteiger partial charge >= 0.3 is 11.9 Å². The van der Waals surface area contributed by atoms with E-state index >= 15 is 0 Å². The highest BCUT2D eigenvalue weighted by atomic mass is 32.2. The van der Waals surface area contributed by atoms with Crippen LogP contribution in [0.4, 0.5) is 0 Å². The summed E-state index contributed by atoms with van der Waals surface area (Å²) < 4.78 is 8.59. The minimum absolute atomic E-state index is 0.272. The van der Waals surface area contributed by atoms with Crippen molar-refractivity contribution >= 4 is 24.3 Å². The molecule has 0 unspecified atom stereocenters. The lowest BCUT2D eigenvalue weighted by molar-refractivity contribution is -0.134. The minimum Gasteiger partial charge on any atom is -0.355 e. The van der Waals surface area contributed by atoms with Gasteiger partial charge in [-0.2, -0.15) is 0 Å². The van der Waals surface area contributed by atoms with E-state index in [4.69, 9.17) is 0 Å². The monoisotopic (exact) mass is 164 g/mol. The highest BCUT2D eigenvalue weighted by molar-refractivity contribution is 7.90. The molecule has 5 heteroatoms. The second-order valence-corrected chi connectivity index (χ2v) is 1.92. The minimum atomic E-state index is -0.492. The van der Waals surface area contributed by atoms with Crippen molar-refractivity contribution in [2.45, 2.75) is 20.3 Å². The highest BCUT2D eigenvalue weighted by Gasteiger charge is 2.01. The van der Waals surface area contributed by atoms with Crippen LogP contribution in [0.25, 0.3) is 0 Å². The number of hydrogen-bond donors (Lipinski definition) is 0. The summed E-state index contributed by atoms with van der Waals surface area (Å²) >= 11 is 0.395. The van der Waals surface area contributed by atoms with Crippen LogP contribution in [0.3, 0.4) is 0 Å². The zero-order valence-electron chi connectivity index (χ0n) is 5.75. The van der Waals surface area contributed by atoms with Gasteiger partial charge in [0.1, 0.15) is 0 Å². The Morgan fingerprint density at radius 2 is 2.00 bits per heavy atom. The molecule has 0 aromatic rings. The van der Waals surface area contributed by atoms with Crippen LogP contribution in [0.2, 0.25) is 0 Å². The maximum Gasteiger partial charge on any atom is 0.320 e. The van der Waals surface area contributed by atoms with Gasteiger partial charge in [-0.1, -0.05) is 6.92 Å². The standard InChI is InChI=1S/C5H8O4S/c1-3-5(7)9-10-8-4(2)6/h3H2,1-2H3. The molecule has 0 saturated carbocycles. The van der Waals surface area contributed by atoms with Crippen molar-refractivity contribution in [3.8, 4) is 0 Å². The Balaban J connectivity index is 3.20. The fourth-order valence-electron chi connectivity index (χ4n) is 0.162. The van der Waals surface area contributed by atoms with Gasteiger partial charge in [0, 0.05) is 13.3 Å². The van der Waals surface area contributed by atoms with Crippen LogP contribution in [0, 0.1) is 0 Å². The largest absolute Gasteiger partial charge is 0.355 e. The summed E-state index contributed by atoms with van der Waals surface area (Å²) in [6, 6.07) is 0. The molecule has 0 N–H and O–H groups in total. The van der Waals surface area contributed by atoms with Crippen LogP contribution < -0.4 is 0 Å². The predicted octanol–water partition coefficient (Wildman–Crippen LogP) is 1.07. The summed E-state index contributed by atoms with van der Waals surface area (Å²) in [5, 5.41) is 0. The van der Waals surface area contributed by atoms with Crippen molar-refractivity contribution in [2.24, 2.45) is 0 Å². The molecular weight excluding hydrogens is 156 g/mol. The maximum absolute atomic E-state index is 10.4. The summed E-state index contributed by atoms with van der Waals surface area (Å²) in [6.07, 6.45) is 0.272. The smallest absolute Gasteiger partial charge is 0.320 e. The van der Waals surface area contributed by atoms with E-state index in [-0.39, 0.29) is 6.42 Å². The van der Waals surface area contributed by atoms with Gasteiger partial charge < -0.3 is 8.37 Å². The fourth-order valence-corrected chi connectivity index (χ4v) is 0.485. The lowest BCUT2D eigenvalue weighted by Crippen LogP contribution is -1.98. The normalized spacial score (nSPS) is 8.60. The Bertz CT molecular complexity index is 134. The van der Waals surface area contributed by atoms with Gasteiger partial charge in [0.25, 0.3) is 12.3 Å². The quantitative estimate of drug-likeness (QED) is 0.584. The molecule has 0 rings (SSSR count). The Kier molecular flexibility index (Phi) is 4.74. The first-order chi connectivity index (χ1) is 4.66. The second kappa shape index (κ2) is 5.10. The molecule has 58 valence electrons. The molecule has 0 aromatic carbocycles. The summed E-state index contributed by atoms with van der Waals surface area (Å²) in [4.78, 5) is 20.4. The average molecular weight is 164 g/mol. The SMILES string of the molecule is CCC(=O)OSOC(C)=O. The van der Waals surface area contributed by atoms with Gasteiger partial charge in [0.2, 0.25) is 0 Å². The molecule has 0 spiro atoms. The van der Waals surface area contributed by atoms with Crippen LogP contribution >= 0.6 is 12.3 Å². The Morgan fingerprint density at radius 3 is 2.40 bits per heavy atom. The number of hydrogen-bond acceptors (Lipinski definition) is 5. The van der Waals surface area contributed by atoms with Gasteiger partial charge in [-0.15, -0.1) is 0 Å². The van der Waals surface area contributed by atoms with E-state index < -0.39 is 11.9 Å². The zero-order valence-corrected chi connectivity index (χ0v) is 6.56. The van der Waals surface area contributed by atoms with Gasteiger partial charge in [-0.05, 0) is 0 Å². The Morgan fingerprint density at radius 1 is 1.40 bits per heavy atom. The maximum atomic E-state index is 10.4. The summed E-state index contributed by atoms with van der Waals surface area (Å²) in [6.45, 7) is 2.88. The lowest BCUT2D eigenvalue weighted by Gasteiger charge is -1.96. The first-order valence-electron chi connectivity index (χ1n) is 2.71. The molecule has 0 saturated heterocycles. The number of carbonyl (C=O) groups is 2. The van der Waals surface area contributed by atoms with Crippen LogP contribution in [0.1, 0.15) is 20.3 Å². The molecule has 0 aliphatic rings. The van der Waals surface area contributed by atoms with E-state index in [0.717, 1.165) is 0 Å². The molecule has 4 nitrogen and oxygen atoms in total. The second-order valence-electron chi connectivity index (χ2n) is 1.45. The van der Waals surface area contributed by atoms with Crippen LogP contribution in [0.5, 0.6) is 0 Å². The van der Waals surface area contributed by atoms with Crippen molar-refractivity contribution in [3.63, 3.8) is 0 Å². The Labute approximate surface area is 63.3 Å². The van der Waals surface area contributed by atoms with Crippen molar-refractivity contribution in [1.82, 2.24) is 0 Å². The van der Waals surface area contributed by atoms with Crippen molar-refractivity contribution in [1.29, 1.82) is 0 Å². The third kappa shape index (κ3) is 5.43. The molecular formula is C5H8O4S. The third-order valence-corrected chi connectivity index (χ3v) is 1.12. The molecule has 0 aliphatic heterocycles. The fraction of sp³-hybridized carbons (Fsp3) is 0.600. The summed E-state index contributed by atoms with van der Waals surface area (Å²) in [5.41, 5.74) is 0. The van der Waals surface area contributed by atoms with Gasteiger partial charge in [-0.3, -0.25) is 9.59 Å². The average Bonchev–Trinajstić information content (AvgIpc) is 1.87. The van der Waals surface area contributed by atoms with E-state index in [1.165, 1.54) is 6.92 Å². The van der Waals surface area contributed by atoms with E-state index in [0.29, 0.717) is 12.3 Å². The lowest BCUT2D eigenvalue weighted by atomic mass is 10.5. The van der Waals surface area contributed by atoms with Crippen molar-refractivity contribution in [3.05, 3.63) is 0 Å². The van der Waals surface area contributed by atoms with E-state index in [2.05, 4.69) is 8.37 Å². The molecule has 0 fully saturated rings. The molecule has 0 amide bonds. The van der Waals surface area contributed by atoms with Crippen LogP contribution in [-0.2, 0) is 18.0 Å². The molecule has 0 radical (unpaired) electrons. The Hall–Kier alpha value is -0.710. The van der Waals surface area contributed by atoms with Gasteiger partial charge in [-0.25, -0.2) is 0 Å². The van der Waals surface area contributed by atoms with Crippen molar-refractivity contribution < 1.29 is 18.0 Å². The van der Waals surface area contributed by atoms with E-state index in [1.54, 1.807) is 6.92 Å². The molecule has 0 aromatic heterocycles. The molecule has 0 bridgehead atoms. The third-order valence-electron chi connectivity index (χ3n) is 0.567. The highest BCUT2D eigenvalue weighted by Crippen LogP contribution is 2.05. The van der Waals surface area contributed by atoms with E-state index in [1.807, 2.05) is 0 Å². The molecule has 10 heavy (non-hydrogen) atoms. The van der Waals surface area contributed by atoms with Crippen LogP contribution in [0.15, 0.2) is 0 Å². The van der Waals surface area contributed by atoms with Crippen molar-refractivity contribution in [2.75, 3.05) is 0 Å². The molecule has 0 heterocycles. The zero-order chi connectivity index (χ0) is 7.98. The first kappa shape index (κ1) is 9.29. The summed E-state index contributed by atoms with van der Waals surface area (Å²) in [5.74, 6) is -0.903. The molecule has 0 aliphatic carbocycles. The number of carbonyl (C=O) groups excluding carboxylic acids is 2. The van der Waals surface area contributed by atoms with Gasteiger partial charge in [0.05, 0.1) is 0 Å². The van der Waals surface area contributed by atoms with Crippen LogP contribution in [-0.4, -0.2) is 11.9 Å². The number of rotatable bonds is 3. The van der Waals surface area contributed by atoms with Gasteiger partial charge in [0.15, 0.2) is 0 Å². The topological polar surface area (TPSA) is 52.6 Å². The predicted molar refractivity (Wildman–Crippen MR) is 35.7 cm³/mol.